The number of aryl methyl sites for hydroxylation is 1. The number of hydrogen-bond acceptors (Lipinski definition) is 1. The van der Waals surface area contributed by atoms with Crippen molar-refractivity contribution in [2.24, 2.45) is 5.92 Å². The Labute approximate surface area is 197 Å². The van der Waals surface area contributed by atoms with Gasteiger partial charge >= 0.3 is 198 Å². The van der Waals surface area contributed by atoms with Gasteiger partial charge < -0.3 is 0 Å². The van der Waals surface area contributed by atoms with Crippen LogP contribution in [0.1, 0.15) is 96.6 Å². The van der Waals surface area contributed by atoms with Crippen LogP contribution in [-0.2, 0) is 4.79 Å². The molecule has 1 unspecified atom stereocenters. The predicted octanol–water partition coefficient (Wildman–Crippen LogP) is 9.33. The molecule has 0 aliphatic heterocycles. The summed E-state index contributed by atoms with van der Waals surface area (Å²) in [7, 11) is 0. The average Bonchev–Trinajstić information content (AvgIpc) is 2.78. The molecule has 1 aromatic carbocycles. The molecule has 2 heteroatoms. The standard InChI is InChI=1S/C17H21O.3C4H9.Sn/c1-4-6-7-16(5-2)17(18)13-12-15-10-8-14(3)9-11-15;3*1-3-4-2;/h8-13,16H,2,4,6-7H2,1,3H3;3*1,3-4H2,2H3;. The van der Waals surface area contributed by atoms with Crippen molar-refractivity contribution in [2.45, 2.75) is 106 Å². The SMILES string of the molecule is C=[C](C(CCCC)C(=O)C=Cc1ccc(C)cc1)[Sn]([CH2]CCC)([CH2]CCC)[CH2]CCC. The monoisotopic (exact) mass is 532 g/mol. The van der Waals surface area contributed by atoms with Crippen LogP contribution in [0.25, 0.3) is 6.08 Å². The molecule has 1 atom stereocenters. The van der Waals surface area contributed by atoms with E-state index in [2.05, 4.69) is 58.9 Å². The van der Waals surface area contributed by atoms with Crippen molar-refractivity contribution in [3.8, 4) is 0 Å². The fourth-order valence-electron chi connectivity index (χ4n) is 4.64. The molecule has 0 saturated heterocycles. The molecule has 1 rings (SSSR count). The topological polar surface area (TPSA) is 17.1 Å². The van der Waals surface area contributed by atoms with Crippen molar-refractivity contribution in [3.05, 3.63) is 51.6 Å². The second kappa shape index (κ2) is 15.9. The first-order valence-corrected chi connectivity index (χ1v) is 20.4. The van der Waals surface area contributed by atoms with Crippen LogP contribution < -0.4 is 0 Å². The molecule has 31 heavy (non-hydrogen) atoms. The van der Waals surface area contributed by atoms with Crippen LogP contribution in [0.4, 0.5) is 0 Å². The van der Waals surface area contributed by atoms with Gasteiger partial charge in [0.05, 0.1) is 0 Å². The van der Waals surface area contributed by atoms with Crippen LogP contribution in [0.5, 0.6) is 0 Å². The van der Waals surface area contributed by atoms with E-state index in [4.69, 9.17) is 6.58 Å². The maximum absolute atomic E-state index is 13.5. The molecule has 0 fully saturated rings. The number of carbonyl (C=O) groups is 1. The van der Waals surface area contributed by atoms with Crippen molar-refractivity contribution in [1.82, 2.24) is 0 Å². The summed E-state index contributed by atoms with van der Waals surface area (Å²) < 4.78 is 5.61. The molecule has 0 aliphatic rings. The Balaban J connectivity index is 3.19. The number of unbranched alkanes of at least 4 members (excludes halogenated alkanes) is 4. The Morgan fingerprint density at radius 1 is 0.871 bits per heavy atom. The number of carbonyl (C=O) groups excluding carboxylic acids is 1. The molecule has 0 radical (unpaired) electrons. The van der Waals surface area contributed by atoms with Crippen LogP contribution in [-0.4, -0.2) is 24.2 Å². The van der Waals surface area contributed by atoms with E-state index in [-0.39, 0.29) is 5.92 Å². The first kappa shape index (κ1) is 28.2. The van der Waals surface area contributed by atoms with E-state index in [1.54, 1.807) is 0 Å². The minimum absolute atomic E-state index is 0.0445. The van der Waals surface area contributed by atoms with Gasteiger partial charge in [0.1, 0.15) is 0 Å². The molecular formula is C29H48OSn. The molecule has 1 aromatic rings. The summed E-state index contributed by atoms with van der Waals surface area (Å²) in [6.45, 7) is 16.0. The van der Waals surface area contributed by atoms with Crippen molar-refractivity contribution >= 4 is 30.2 Å². The summed E-state index contributed by atoms with van der Waals surface area (Å²) in [4.78, 5) is 13.5. The summed E-state index contributed by atoms with van der Waals surface area (Å²) in [6, 6.07) is 8.42. The van der Waals surface area contributed by atoms with Crippen molar-refractivity contribution in [3.63, 3.8) is 0 Å². The van der Waals surface area contributed by atoms with Gasteiger partial charge in [-0.3, -0.25) is 0 Å². The van der Waals surface area contributed by atoms with Crippen molar-refractivity contribution in [1.29, 1.82) is 0 Å². The van der Waals surface area contributed by atoms with Gasteiger partial charge in [-0.2, -0.15) is 0 Å². The number of rotatable bonds is 17. The van der Waals surface area contributed by atoms with Gasteiger partial charge in [-0.05, 0) is 0 Å². The Hall–Kier alpha value is -0.831. The fourth-order valence-corrected chi connectivity index (χ4v) is 21.3. The number of benzene rings is 1. The van der Waals surface area contributed by atoms with E-state index in [1.807, 2.05) is 12.2 Å². The van der Waals surface area contributed by atoms with E-state index < -0.39 is 18.4 Å². The Morgan fingerprint density at radius 2 is 1.35 bits per heavy atom. The van der Waals surface area contributed by atoms with Crippen LogP contribution in [0.15, 0.2) is 40.5 Å². The van der Waals surface area contributed by atoms with E-state index in [1.165, 1.54) is 61.0 Å². The summed E-state index contributed by atoms with van der Waals surface area (Å²) >= 11 is -2.64. The predicted molar refractivity (Wildman–Crippen MR) is 142 cm³/mol. The first-order valence-electron chi connectivity index (χ1n) is 12.9. The van der Waals surface area contributed by atoms with E-state index >= 15 is 0 Å². The molecule has 0 N–H and O–H groups in total. The van der Waals surface area contributed by atoms with Gasteiger partial charge in [0, 0.05) is 0 Å². The number of ketones is 1. The van der Waals surface area contributed by atoms with Gasteiger partial charge in [-0.25, -0.2) is 0 Å². The molecule has 0 bridgehead atoms. The van der Waals surface area contributed by atoms with Crippen LogP contribution >= 0.6 is 0 Å². The fraction of sp³-hybridized carbons (Fsp3) is 0.621. The maximum atomic E-state index is 13.5. The Kier molecular flexibility index (Phi) is 14.5. The molecule has 174 valence electrons. The molecule has 0 aromatic heterocycles. The zero-order chi connectivity index (χ0) is 23.1. The van der Waals surface area contributed by atoms with Gasteiger partial charge in [0.2, 0.25) is 0 Å². The van der Waals surface area contributed by atoms with Gasteiger partial charge in [-0.15, -0.1) is 0 Å². The molecule has 0 amide bonds. The average molecular weight is 531 g/mol. The summed E-state index contributed by atoms with van der Waals surface area (Å²) in [5.74, 6) is 0.340. The van der Waals surface area contributed by atoms with Crippen molar-refractivity contribution < 1.29 is 4.79 Å². The second-order valence-corrected chi connectivity index (χ2v) is 22.9. The third-order valence-electron chi connectivity index (χ3n) is 6.84. The third-order valence-corrected chi connectivity index (χ3v) is 22.9. The third kappa shape index (κ3) is 9.68. The van der Waals surface area contributed by atoms with Crippen LogP contribution in [0.2, 0.25) is 13.3 Å². The molecule has 1 nitrogen and oxygen atoms in total. The van der Waals surface area contributed by atoms with Gasteiger partial charge in [-0.1, -0.05) is 0 Å². The van der Waals surface area contributed by atoms with E-state index in [0.29, 0.717) is 5.78 Å². The van der Waals surface area contributed by atoms with Crippen LogP contribution in [0, 0.1) is 12.8 Å². The number of hydrogen-bond donors (Lipinski definition) is 0. The normalized spacial score (nSPS) is 12.9. The van der Waals surface area contributed by atoms with Crippen molar-refractivity contribution in [2.75, 3.05) is 0 Å². The summed E-state index contributed by atoms with van der Waals surface area (Å²) in [5.41, 5.74) is 2.36. The molecule has 0 saturated carbocycles. The Bertz CT molecular complexity index is 649. The molecule has 0 aliphatic carbocycles. The summed E-state index contributed by atoms with van der Waals surface area (Å²) in [5, 5.41) is 0. The minimum atomic E-state index is -2.64. The zero-order valence-corrected chi connectivity index (χ0v) is 24.0. The quantitative estimate of drug-likeness (QED) is 0.145. The molecule has 0 spiro atoms. The van der Waals surface area contributed by atoms with E-state index in [9.17, 15) is 4.79 Å². The van der Waals surface area contributed by atoms with Gasteiger partial charge in [0.15, 0.2) is 0 Å². The zero-order valence-electron chi connectivity index (χ0n) is 21.1. The van der Waals surface area contributed by atoms with Crippen LogP contribution in [0.3, 0.4) is 0 Å². The molecular weight excluding hydrogens is 483 g/mol. The Morgan fingerprint density at radius 3 is 1.81 bits per heavy atom. The summed E-state index contributed by atoms with van der Waals surface area (Å²) in [6.07, 6.45) is 14.8. The van der Waals surface area contributed by atoms with Gasteiger partial charge in [0.25, 0.3) is 0 Å². The van der Waals surface area contributed by atoms with E-state index in [0.717, 1.165) is 24.8 Å². The number of allylic oxidation sites excluding steroid dienone is 2. The first-order chi connectivity index (χ1) is 14.9. The second-order valence-electron chi connectivity index (χ2n) is 9.46. The molecule has 0 heterocycles.